The molecule has 1 rings (SSSR count). The molecule has 0 aromatic carbocycles. The third kappa shape index (κ3) is 5.09. The SMILES string of the molecule is CCCCOC(=O)N(Cc1nccc(Cl)n1)C(=O)O. The largest absolute Gasteiger partial charge is 0.465 e. The van der Waals surface area contributed by atoms with Crippen LogP contribution in [0.15, 0.2) is 12.3 Å². The van der Waals surface area contributed by atoms with E-state index in [0.29, 0.717) is 11.3 Å². The molecule has 0 spiro atoms. The van der Waals surface area contributed by atoms with Crippen LogP contribution in [0.5, 0.6) is 0 Å². The van der Waals surface area contributed by atoms with Gasteiger partial charge in [-0.1, -0.05) is 24.9 Å². The van der Waals surface area contributed by atoms with Gasteiger partial charge >= 0.3 is 12.2 Å². The van der Waals surface area contributed by atoms with Gasteiger partial charge in [0.15, 0.2) is 0 Å². The third-order valence-corrected chi connectivity index (χ3v) is 2.36. The number of carbonyl (C=O) groups is 2. The number of amides is 2. The Kier molecular flexibility index (Phi) is 6.01. The fourth-order valence-electron chi connectivity index (χ4n) is 1.18. The first kappa shape index (κ1) is 15.2. The molecule has 0 saturated carbocycles. The average Bonchev–Trinajstić information content (AvgIpc) is 2.36. The van der Waals surface area contributed by atoms with E-state index in [2.05, 4.69) is 9.97 Å². The van der Waals surface area contributed by atoms with E-state index in [1.165, 1.54) is 12.3 Å². The number of hydrogen-bond donors (Lipinski definition) is 1. The maximum Gasteiger partial charge on any atom is 0.419 e. The Morgan fingerprint density at radius 1 is 1.53 bits per heavy atom. The quantitative estimate of drug-likeness (QED) is 0.661. The minimum Gasteiger partial charge on any atom is -0.465 e. The maximum absolute atomic E-state index is 11.6. The minimum absolute atomic E-state index is 0.127. The lowest BCUT2D eigenvalue weighted by Gasteiger charge is -2.16. The summed E-state index contributed by atoms with van der Waals surface area (Å²) in [4.78, 5) is 30.7. The number of imide groups is 1. The molecule has 0 radical (unpaired) electrons. The topological polar surface area (TPSA) is 92.6 Å². The number of ether oxygens (including phenoxy) is 1. The molecule has 1 heterocycles. The zero-order valence-electron chi connectivity index (χ0n) is 10.4. The highest BCUT2D eigenvalue weighted by Gasteiger charge is 2.23. The number of carbonyl (C=O) groups excluding carboxylic acids is 1. The van der Waals surface area contributed by atoms with Crippen molar-refractivity contribution in [3.8, 4) is 0 Å². The van der Waals surface area contributed by atoms with Gasteiger partial charge in [-0.15, -0.1) is 0 Å². The van der Waals surface area contributed by atoms with Gasteiger partial charge < -0.3 is 9.84 Å². The lowest BCUT2D eigenvalue weighted by Crippen LogP contribution is -2.36. The van der Waals surface area contributed by atoms with Crippen molar-refractivity contribution in [2.45, 2.75) is 26.3 Å². The molecule has 0 bridgehead atoms. The van der Waals surface area contributed by atoms with Gasteiger partial charge in [0.1, 0.15) is 11.0 Å². The number of aromatic nitrogens is 2. The Morgan fingerprint density at radius 2 is 2.26 bits per heavy atom. The van der Waals surface area contributed by atoms with Gasteiger partial charge in [0.05, 0.1) is 13.2 Å². The molecule has 7 nitrogen and oxygen atoms in total. The number of halogens is 1. The van der Waals surface area contributed by atoms with Crippen molar-refractivity contribution < 1.29 is 19.4 Å². The van der Waals surface area contributed by atoms with E-state index >= 15 is 0 Å². The van der Waals surface area contributed by atoms with Gasteiger partial charge in [0.25, 0.3) is 0 Å². The Bertz CT molecular complexity index is 455. The summed E-state index contributed by atoms with van der Waals surface area (Å²) in [6, 6.07) is 1.45. The number of unbranched alkanes of at least 4 members (excludes halogenated alkanes) is 1. The highest BCUT2D eigenvalue weighted by atomic mass is 35.5. The van der Waals surface area contributed by atoms with Crippen LogP contribution >= 0.6 is 11.6 Å². The summed E-state index contributed by atoms with van der Waals surface area (Å²) in [5.41, 5.74) is 0. The summed E-state index contributed by atoms with van der Waals surface area (Å²) in [5, 5.41) is 9.14. The van der Waals surface area contributed by atoms with Gasteiger partial charge in [-0.25, -0.2) is 24.5 Å². The smallest absolute Gasteiger partial charge is 0.419 e. The van der Waals surface area contributed by atoms with E-state index in [1.54, 1.807) is 0 Å². The summed E-state index contributed by atoms with van der Waals surface area (Å²) in [6.45, 7) is 1.80. The molecule has 1 aromatic rings. The molecule has 0 aliphatic carbocycles. The first-order valence-electron chi connectivity index (χ1n) is 5.69. The molecule has 1 N–H and O–H groups in total. The van der Waals surface area contributed by atoms with Crippen molar-refractivity contribution in [1.29, 1.82) is 0 Å². The second-order valence-corrected chi connectivity index (χ2v) is 4.02. The Morgan fingerprint density at radius 3 is 2.84 bits per heavy atom. The number of hydrogen-bond acceptors (Lipinski definition) is 5. The zero-order valence-corrected chi connectivity index (χ0v) is 11.1. The van der Waals surface area contributed by atoms with Gasteiger partial charge in [0, 0.05) is 6.20 Å². The molecule has 8 heteroatoms. The predicted octanol–water partition coefficient (Wildman–Crippen LogP) is 2.55. The molecule has 0 saturated heterocycles. The van der Waals surface area contributed by atoms with E-state index < -0.39 is 12.2 Å². The number of nitrogens with zero attached hydrogens (tertiary/aromatic N) is 3. The first-order chi connectivity index (χ1) is 9.04. The summed E-state index contributed by atoms with van der Waals surface area (Å²) >= 11 is 5.66. The third-order valence-electron chi connectivity index (χ3n) is 2.15. The highest BCUT2D eigenvalue weighted by molar-refractivity contribution is 6.29. The fraction of sp³-hybridized carbons (Fsp3) is 0.455. The van der Waals surface area contributed by atoms with E-state index in [9.17, 15) is 9.59 Å². The van der Waals surface area contributed by atoms with E-state index in [0.717, 1.165) is 6.42 Å². The van der Waals surface area contributed by atoms with E-state index in [1.807, 2.05) is 6.92 Å². The molecular weight excluding hydrogens is 274 g/mol. The van der Waals surface area contributed by atoms with Crippen LogP contribution in [0.1, 0.15) is 25.6 Å². The summed E-state index contributed by atoms with van der Waals surface area (Å²) in [6.07, 6.45) is 0.534. The average molecular weight is 288 g/mol. The number of rotatable bonds is 5. The highest BCUT2D eigenvalue weighted by Crippen LogP contribution is 2.07. The second-order valence-electron chi connectivity index (χ2n) is 3.63. The summed E-state index contributed by atoms with van der Waals surface area (Å²) < 4.78 is 4.83. The van der Waals surface area contributed by atoms with E-state index in [-0.39, 0.29) is 24.1 Å². The fourth-order valence-corrected chi connectivity index (χ4v) is 1.34. The molecular formula is C11H14ClN3O4. The van der Waals surface area contributed by atoms with Crippen LogP contribution in [0.25, 0.3) is 0 Å². The lowest BCUT2D eigenvalue weighted by molar-refractivity contribution is 0.0903. The van der Waals surface area contributed by atoms with Crippen molar-refractivity contribution in [3.63, 3.8) is 0 Å². The van der Waals surface area contributed by atoms with Crippen molar-refractivity contribution in [2.24, 2.45) is 0 Å². The van der Waals surface area contributed by atoms with Gasteiger partial charge in [0.2, 0.25) is 0 Å². The zero-order chi connectivity index (χ0) is 14.3. The monoisotopic (exact) mass is 287 g/mol. The Labute approximate surface area is 115 Å². The second kappa shape index (κ2) is 7.52. The van der Waals surface area contributed by atoms with Crippen molar-refractivity contribution >= 4 is 23.8 Å². The Balaban J connectivity index is 2.67. The standard InChI is InChI=1S/C11H14ClN3O4/c1-2-3-6-19-11(18)15(10(16)17)7-9-13-5-4-8(12)14-9/h4-5H,2-3,6-7H2,1H3,(H,16,17). The molecule has 0 fully saturated rings. The first-order valence-corrected chi connectivity index (χ1v) is 6.07. The van der Waals surface area contributed by atoms with Gasteiger partial charge in [-0.3, -0.25) is 0 Å². The lowest BCUT2D eigenvalue weighted by atomic mass is 10.4. The summed E-state index contributed by atoms with van der Waals surface area (Å²) in [5.74, 6) is 0.127. The van der Waals surface area contributed by atoms with Gasteiger partial charge in [-0.2, -0.15) is 0 Å². The molecule has 0 aliphatic rings. The molecule has 19 heavy (non-hydrogen) atoms. The van der Waals surface area contributed by atoms with Crippen LogP contribution in [-0.2, 0) is 11.3 Å². The van der Waals surface area contributed by atoms with Crippen LogP contribution in [0, 0.1) is 0 Å². The van der Waals surface area contributed by atoms with Crippen LogP contribution in [-0.4, -0.2) is 38.8 Å². The van der Waals surface area contributed by atoms with E-state index in [4.69, 9.17) is 21.4 Å². The maximum atomic E-state index is 11.6. The molecule has 0 aliphatic heterocycles. The van der Waals surface area contributed by atoms with Crippen LogP contribution in [0.4, 0.5) is 9.59 Å². The van der Waals surface area contributed by atoms with Gasteiger partial charge in [-0.05, 0) is 12.5 Å². The van der Waals surface area contributed by atoms with Crippen molar-refractivity contribution in [1.82, 2.24) is 14.9 Å². The summed E-state index contributed by atoms with van der Waals surface area (Å²) in [7, 11) is 0. The molecule has 104 valence electrons. The molecule has 0 unspecified atom stereocenters. The minimum atomic E-state index is -1.43. The number of carboxylic acid groups (broad SMARTS) is 1. The van der Waals surface area contributed by atoms with Crippen molar-refractivity contribution in [2.75, 3.05) is 6.61 Å². The molecule has 0 atom stereocenters. The predicted molar refractivity (Wildman–Crippen MR) is 66.9 cm³/mol. The molecule has 1 aromatic heterocycles. The Hall–Kier alpha value is -1.89. The molecule has 2 amide bonds. The van der Waals surface area contributed by atoms with Crippen LogP contribution < -0.4 is 0 Å². The van der Waals surface area contributed by atoms with Crippen LogP contribution in [0.3, 0.4) is 0 Å². The van der Waals surface area contributed by atoms with Crippen molar-refractivity contribution in [3.05, 3.63) is 23.2 Å². The van der Waals surface area contributed by atoms with Crippen LogP contribution in [0.2, 0.25) is 5.15 Å². The normalized spacial score (nSPS) is 10.0.